The second-order valence-corrected chi connectivity index (χ2v) is 2.63. The van der Waals surface area contributed by atoms with Gasteiger partial charge in [-0.05, 0) is 18.2 Å². The highest BCUT2D eigenvalue weighted by molar-refractivity contribution is 5.88. The lowest BCUT2D eigenvalue weighted by Crippen LogP contribution is -1.97. The maximum absolute atomic E-state index is 10.7. The average molecular weight is 207 g/mol. The highest BCUT2D eigenvalue weighted by Crippen LogP contribution is 2.02. The smallest absolute Gasteiger partial charge is 0.337 e. The predicted octanol–water partition coefficient (Wildman–Crippen LogP) is 0.966. The summed E-state index contributed by atoms with van der Waals surface area (Å²) >= 11 is 0. The van der Waals surface area contributed by atoms with Crippen molar-refractivity contribution in [3.63, 3.8) is 0 Å². The van der Waals surface area contributed by atoms with Gasteiger partial charge in [0, 0.05) is 12.3 Å². The Hall–Kier alpha value is -2.17. The van der Waals surface area contributed by atoms with Crippen LogP contribution in [0.3, 0.4) is 0 Å². The van der Waals surface area contributed by atoms with Gasteiger partial charge < -0.3 is 9.84 Å². The van der Waals surface area contributed by atoms with Crippen molar-refractivity contribution >= 4 is 18.0 Å². The fraction of sp³-hybridized carbons (Fsp3) is 0.100. The molecule has 0 saturated carbocycles. The lowest BCUT2D eigenvalue weighted by atomic mass is 10.2. The summed E-state index contributed by atoms with van der Waals surface area (Å²) in [6.07, 6.45) is 3.87. The summed E-state index contributed by atoms with van der Waals surface area (Å²) in [5.74, 6) is -1.52. The number of carboxylic acid groups (broad SMARTS) is 1. The molecular formula is C10H9NO4. The Morgan fingerprint density at radius 2 is 2.20 bits per heavy atom. The van der Waals surface area contributed by atoms with Gasteiger partial charge in [-0.1, -0.05) is 0 Å². The third-order valence-electron chi connectivity index (χ3n) is 1.62. The van der Waals surface area contributed by atoms with Gasteiger partial charge in [0.25, 0.3) is 0 Å². The zero-order valence-corrected chi connectivity index (χ0v) is 8.01. The summed E-state index contributed by atoms with van der Waals surface area (Å²) in [6.45, 7) is 0. The molecule has 5 heteroatoms. The number of hydrogen-bond donors (Lipinski definition) is 1. The molecule has 0 bridgehead atoms. The molecular weight excluding hydrogens is 198 g/mol. The van der Waals surface area contributed by atoms with Gasteiger partial charge in [0.2, 0.25) is 0 Å². The van der Waals surface area contributed by atoms with Crippen LogP contribution in [0.1, 0.15) is 16.1 Å². The maximum atomic E-state index is 10.7. The van der Waals surface area contributed by atoms with E-state index in [1.165, 1.54) is 37.6 Å². The molecule has 1 rings (SSSR count). The van der Waals surface area contributed by atoms with E-state index < -0.39 is 11.9 Å². The number of carbonyl (C=O) groups excluding carboxylic acids is 1. The molecule has 0 fully saturated rings. The van der Waals surface area contributed by atoms with E-state index in [4.69, 9.17) is 5.11 Å². The first-order chi connectivity index (χ1) is 7.13. The molecule has 0 atom stereocenters. The van der Waals surface area contributed by atoms with E-state index in [0.29, 0.717) is 5.69 Å². The van der Waals surface area contributed by atoms with Gasteiger partial charge in [-0.15, -0.1) is 0 Å². The van der Waals surface area contributed by atoms with E-state index in [-0.39, 0.29) is 5.56 Å². The number of carboxylic acids is 1. The monoisotopic (exact) mass is 207 g/mol. The molecule has 1 heterocycles. The SMILES string of the molecule is COC(=O)C=Cc1ccc(C(=O)O)cn1. The van der Waals surface area contributed by atoms with E-state index in [1.54, 1.807) is 0 Å². The van der Waals surface area contributed by atoms with Crippen LogP contribution in [0.5, 0.6) is 0 Å². The third-order valence-corrected chi connectivity index (χ3v) is 1.62. The fourth-order valence-electron chi connectivity index (χ4n) is 0.852. The number of nitrogens with zero attached hydrogens (tertiary/aromatic N) is 1. The minimum absolute atomic E-state index is 0.102. The van der Waals surface area contributed by atoms with Crippen molar-refractivity contribution in [3.05, 3.63) is 35.7 Å². The normalized spacial score (nSPS) is 10.2. The molecule has 0 aliphatic rings. The highest BCUT2D eigenvalue weighted by atomic mass is 16.5. The topological polar surface area (TPSA) is 76.5 Å². The number of rotatable bonds is 3. The van der Waals surface area contributed by atoms with E-state index in [1.807, 2.05) is 0 Å². The molecule has 0 unspecified atom stereocenters. The second-order valence-electron chi connectivity index (χ2n) is 2.63. The van der Waals surface area contributed by atoms with Crippen LogP contribution >= 0.6 is 0 Å². The predicted molar refractivity (Wildman–Crippen MR) is 52.2 cm³/mol. The summed E-state index contributed by atoms with van der Waals surface area (Å²) in [4.78, 5) is 25.1. The lowest BCUT2D eigenvalue weighted by Gasteiger charge is -1.94. The molecule has 1 aromatic heterocycles. The molecule has 0 saturated heterocycles. The van der Waals surface area contributed by atoms with Gasteiger partial charge in [-0.25, -0.2) is 9.59 Å². The van der Waals surface area contributed by atoms with Crippen LogP contribution in [0.4, 0.5) is 0 Å². The van der Waals surface area contributed by atoms with Gasteiger partial charge in [0.05, 0.1) is 18.4 Å². The number of hydrogen-bond acceptors (Lipinski definition) is 4. The van der Waals surface area contributed by atoms with Gasteiger partial charge in [0.1, 0.15) is 0 Å². The standard InChI is InChI=1S/C10H9NO4/c1-15-9(12)5-4-8-3-2-7(6-11-8)10(13)14/h2-6H,1H3,(H,13,14). The van der Waals surface area contributed by atoms with Crippen molar-refractivity contribution in [2.24, 2.45) is 0 Å². The highest BCUT2D eigenvalue weighted by Gasteiger charge is 2.01. The van der Waals surface area contributed by atoms with Crippen LogP contribution in [0, 0.1) is 0 Å². The van der Waals surface area contributed by atoms with E-state index in [9.17, 15) is 9.59 Å². The van der Waals surface area contributed by atoms with Crippen molar-refractivity contribution in [2.45, 2.75) is 0 Å². The van der Waals surface area contributed by atoms with Crippen LogP contribution < -0.4 is 0 Å². The van der Waals surface area contributed by atoms with E-state index >= 15 is 0 Å². The first-order valence-corrected chi connectivity index (χ1v) is 4.09. The molecule has 78 valence electrons. The molecule has 0 radical (unpaired) electrons. The molecule has 0 aliphatic carbocycles. The lowest BCUT2D eigenvalue weighted by molar-refractivity contribution is -0.134. The van der Waals surface area contributed by atoms with Crippen LogP contribution in [-0.4, -0.2) is 29.1 Å². The van der Waals surface area contributed by atoms with E-state index in [0.717, 1.165) is 0 Å². The molecule has 0 spiro atoms. The number of aromatic nitrogens is 1. The Morgan fingerprint density at radius 3 is 2.67 bits per heavy atom. The van der Waals surface area contributed by atoms with Crippen LogP contribution in [0.15, 0.2) is 24.4 Å². The molecule has 5 nitrogen and oxygen atoms in total. The molecule has 15 heavy (non-hydrogen) atoms. The van der Waals surface area contributed by atoms with Crippen molar-refractivity contribution in [1.29, 1.82) is 0 Å². The Balaban J connectivity index is 2.77. The molecule has 1 N–H and O–H groups in total. The number of pyridine rings is 1. The van der Waals surface area contributed by atoms with Crippen molar-refractivity contribution in [3.8, 4) is 0 Å². The summed E-state index contributed by atoms with van der Waals surface area (Å²) < 4.78 is 4.39. The second kappa shape index (κ2) is 4.90. The molecule has 0 aromatic carbocycles. The Bertz CT molecular complexity index is 394. The van der Waals surface area contributed by atoms with Crippen LogP contribution in [0.25, 0.3) is 6.08 Å². The first kappa shape index (κ1) is 10.9. The number of methoxy groups -OCH3 is 1. The maximum Gasteiger partial charge on any atom is 0.337 e. The number of ether oxygens (including phenoxy) is 1. The van der Waals surface area contributed by atoms with Crippen molar-refractivity contribution in [1.82, 2.24) is 4.98 Å². The first-order valence-electron chi connectivity index (χ1n) is 4.09. The molecule has 1 aromatic rings. The Labute approximate surface area is 86.0 Å². The summed E-state index contributed by atoms with van der Waals surface area (Å²) in [5, 5.41) is 8.60. The van der Waals surface area contributed by atoms with Gasteiger partial charge >= 0.3 is 11.9 Å². The van der Waals surface area contributed by atoms with Gasteiger partial charge in [-0.3, -0.25) is 4.98 Å². The molecule has 0 aliphatic heterocycles. The van der Waals surface area contributed by atoms with Crippen molar-refractivity contribution < 1.29 is 19.4 Å². The van der Waals surface area contributed by atoms with Crippen LogP contribution in [0.2, 0.25) is 0 Å². The largest absolute Gasteiger partial charge is 0.478 e. The minimum atomic E-state index is -1.04. The van der Waals surface area contributed by atoms with Crippen molar-refractivity contribution in [2.75, 3.05) is 7.11 Å². The summed E-state index contributed by atoms with van der Waals surface area (Å²) in [6, 6.07) is 2.91. The zero-order chi connectivity index (χ0) is 11.3. The third kappa shape index (κ3) is 3.22. The average Bonchev–Trinajstić information content (AvgIpc) is 2.26. The molecule has 0 amide bonds. The zero-order valence-electron chi connectivity index (χ0n) is 8.01. The fourth-order valence-corrected chi connectivity index (χ4v) is 0.852. The summed E-state index contributed by atoms with van der Waals surface area (Å²) in [7, 11) is 1.27. The minimum Gasteiger partial charge on any atom is -0.478 e. The Morgan fingerprint density at radius 1 is 1.47 bits per heavy atom. The number of carbonyl (C=O) groups is 2. The van der Waals surface area contributed by atoms with E-state index in [2.05, 4.69) is 9.72 Å². The van der Waals surface area contributed by atoms with Gasteiger partial charge in [-0.2, -0.15) is 0 Å². The van der Waals surface area contributed by atoms with Gasteiger partial charge in [0.15, 0.2) is 0 Å². The van der Waals surface area contributed by atoms with Crippen LogP contribution in [-0.2, 0) is 9.53 Å². The quantitative estimate of drug-likeness (QED) is 0.590. The Kier molecular flexibility index (Phi) is 3.56. The number of aromatic carboxylic acids is 1. The number of esters is 1. The summed E-state index contributed by atoms with van der Waals surface area (Å²) in [5.41, 5.74) is 0.593.